The molecular formula is C10H17N5O4. The molecule has 0 aliphatic heterocycles. The molecule has 0 radical (unpaired) electrons. The van der Waals surface area contributed by atoms with Gasteiger partial charge in [-0.3, -0.25) is 9.89 Å². The summed E-state index contributed by atoms with van der Waals surface area (Å²) in [5, 5.41) is 20.1. The minimum Gasteiger partial charge on any atom is -0.481 e. The van der Waals surface area contributed by atoms with Crippen LogP contribution in [0.4, 0.5) is 4.79 Å². The molecule has 0 aliphatic carbocycles. The highest BCUT2D eigenvalue weighted by atomic mass is 16.5. The molecular weight excluding hydrogens is 254 g/mol. The Bertz CT molecular complexity index is 408. The van der Waals surface area contributed by atoms with Crippen LogP contribution in [0.2, 0.25) is 0 Å². The highest BCUT2D eigenvalue weighted by molar-refractivity contribution is 5.74. The monoisotopic (exact) mass is 271 g/mol. The van der Waals surface area contributed by atoms with Gasteiger partial charge in [0, 0.05) is 13.7 Å². The number of carboxylic acid groups (broad SMARTS) is 1. The first-order valence-electron chi connectivity index (χ1n) is 5.67. The maximum atomic E-state index is 11.6. The van der Waals surface area contributed by atoms with E-state index >= 15 is 0 Å². The van der Waals surface area contributed by atoms with Gasteiger partial charge >= 0.3 is 12.0 Å². The smallest absolute Gasteiger partial charge is 0.315 e. The number of aromatic amines is 1. The number of aromatic nitrogens is 3. The largest absolute Gasteiger partial charge is 0.481 e. The lowest BCUT2D eigenvalue weighted by molar-refractivity contribution is -0.139. The predicted molar refractivity (Wildman–Crippen MR) is 64.4 cm³/mol. The third kappa shape index (κ3) is 5.34. The molecule has 0 saturated heterocycles. The van der Waals surface area contributed by atoms with Gasteiger partial charge in [-0.15, -0.1) is 0 Å². The van der Waals surface area contributed by atoms with Gasteiger partial charge in [-0.25, -0.2) is 9.78 Å². The van der Waals surface area contributed by atoms with Crippen molar-refractivity contribution in [2.75, 3.05) is 13.7 Å². The fourth-order valence-corrected chi connectivity index (χ4v) is 1.38. The number of methoxy groups -OCH3 is 1. The Morgan fingerprint density at radius 2 is 2.32 bits per heavy atom. The molecule has 0 bridgehead atoms. The molecule has 106 valence electrons. The number of nitrogens with one attached hydrogen (secondary N) is 3. The second-order valence-electron chi connectivity index (χ2n) is 3.90. The Labute approximate surface area is 109 Å². The van der Waals surface area contributed by atoms with E-state index in [2.05, 4.69) is 25.8 Å². The summed E-state index contributed by atoms with van der Waals surface area (Å²) in [6, 6.07) is -0.765. The number of aliphatic carboxylic acids is 1. The first-order valence-corrected chi connectivity index (χ1v) is 5.67. The van der Waals surface area contributed by atoms with E-state index < -0.39 is 18.1 Å². The van der Waals surface area contributed by atoms with E-state index in [0.29, 0.717) is 5.82 Å². The molecule has 1 aromatic rings. The molecule has 2 unspecified atom stereocenters. The highest BCUT2D eigenvalue weighted by Gasteiger charge is 2.15. The summed E-state index contributed by atoms with van der Waals surface area (Å²) in [6.45, 7) is 1.85. The van der Waals surface area contributed by atoms with Crippen molar-refractivity contribution in [2.45, 2.75) is 25.5 Å². The molecule has 9 heteroatoms. The van der Waals surface area contributed by atoms with Crippen LogP contribution < -0.4 is 10.6 Å². The van der Waals surface area contributed by atoms with E-state index in [1.165, 1.54) is 13.4 Å². The number of amides is 2. The average Bonchev–Trinajstić information content (AvgIpc) is 2.87. The number of nitrogens with zero attached hydrogens (tertiary/aromatic N) is 2. The van der Waals surface area contributed by atoms with Gasteiger partial charge in [-0.1, -0.05) is 0 Å². The number of ether oxygens (including phenoxy) is 1. The topological polar surface area (TPSA) is 129 Å². The van der Waals surface area contributed by atoms with E-state index in [-0.39, 0.29) is 19.0 Å². The Hall–Kier alpha value is -2.16. The van der Waals surface area contributed by atoms with Crippen molar-refractivity contribution in [3.05, 3.63) is 12.2 Å². The van der Waals surface area contributed by atoms with E-state index in [9.17, 15) is 9.59 Å². The lowest BCUT2D eigenvalue weighted by Gasteiger charge is -2.16. The van der Waals surface area contributed by atoms with Crippen molar-refractivity contribution in [1.82, 2.24) is 25.8 Å². The highest BCUT2D eigenvalue weighted by Crippen LogP contribution is 2.03. The quantitative estimate of drug-likeness (QED) is 0.536. The molecule has 0 aliphatic rings. The van der Waals surface area contributed by atoms with Gasteiger partial charge in [-0.2, -0.15) is 5.10 Å². The van der Waals surface area contributed by atoms with Crippen molar-refractivity contribution in [3.63, 3.8) is 0 Å². The molecule has 2 atom stereocenters. The Kier molecular flexibility index (Phi) is 5.73. The van der Waals surface area contributed by atoms with Gasteiger partial charge in [0.05, 0.1) is 18.6 Å². The summed E-state index contributed by atoms with van der Waals surface area (Å²) in [7, 11) is 1.39. The number of carbonyl (C=O) groups is 2. The second-order valence-corrected chi connectivity index (χ2v) is 3.90. The summed E-state index contributed by atoms with van der Waals surface area (Å²) in [5.74, 6) is -0.451. The van der Waals surface area contributed by atoms with E-state index in [4.69, 9.17) is 9.84 Å². The SMILES string of the molecule is COC(CNC(=O)NC(C)c1ncn[nH]1)CC(=O)O. The molecule has 9 nitrogen and oxygen atoms in total. The molecule has 19 heavy (non-hydrogen) atoms. The van der Waals surface area contributed by atoms with Gasteiger partial charge < -0.3 is 20.5 Å². The van der Waals surface area contributed by atoms with Gasteiger partial charge in [0.2, 0.25) is 0 Å². The first kappa shape index (κ1) is 14.9. The standard InChI is InChI=1S/C10H17N5O4/c1-6(9-12-5-13-15-9)14-10(18)11-4-7(19-2)3-8(16)17/h5-7H,3-4H2,1-2H3,(H,16,17)(H2,11,14,18)(H,12,13,15). The Balaban J connectivity index is 2.32. The molecule has 1 aromatic heterocycles. The van der Waals surface area contributed by atoms with E-state index in [0.717, 1.165) is 0 Å². The number of hydrogen-bond donors (Lipinski definition) is 4. The van der Waals surface area contributed by atoms with Crippen molar-refractivity contribution < 1.29 is 19.4 Å². The van der Waals surface area contributed by atoms with Gasteiger partial charge in [-0.05, 0) is 6.92 Å². The third-order valence-electron chi connectivity index (χ3n) is 2.42. The van der Waals surface area contributed by atoms with Gasteiger partial charge in [0.15, 0.2) is 0 Å². The van der Waals surface area contributed by atoms with E-state index in [1.54, 1.807) is 6.92 Å². The summed E-state index contributed by atoms with van der Waals surface area (Å²) >= 11 is 0. The normalized spacial score (nSPS) is 13.6. The fourth-order valence-electron chi connectivity index (χ4n) is 1.38. The fraction of sp³-hybridized carbons (Fsp3) is 0.600. The molecule has 2 amide bonds. The molecule has 0 saturated carbocycles. The minimum absolute atomic E-state index is 0.109. The van der Waals surface area contributed by atoms with Crippen LogP contribution in [0, 0.1) is 0 Å². The second kappa shape index (κ2) is 7.31. The van der Waals surface area contributed by atoms with Crippen LogP contribution in [0.5, 0.6) is 0 Å². The summed E-state index contributed by atoms with van der Waals surface area (Å²) < 4.78 is 4.94. The first-order chi connectivity index (χ1) is 9.02. The van der Waals surface area contributed by atoms with Crippen molar-refractivity contribution >= 4 is 12.0 Å². The number of urea groups is 1. The maximum absolute atomic E-state index is 11.6. The third-order valence-corrected chi connectivity index (χ3v) is 2.42. The predicted octanol–water partition coefficient (Wildman–Crippen LogP) is -0.345. The molecule has 4 N–H and O–H groups in total. The Morgan fingerprint density at radius 1 is 1.58 bits per heavy atom. The maximum Gasteiger partial charge on any atom is 0.315 e. The van der Waals surface area contributed by atoms with Gasteiger partial charge in [0.25, 0.3) is 0 Å². The lowest BCUT2D eigenvalue weighted by atomic mass is 10.2. The molecule has 0 spiro atoms. The van der Waals surface area contributed by atoms with Crippen molar-refractivity contribution in [1.29, 1.82) is 0 Å². The Morgan fingerprint density at radius 3 is 2.84 bits per heavy atom. The van der Waals surface area contributed by atoms with Crippen LogP contribution >= 0.6 is 0 Å². The zero-order valence-corrected chi connectivity index (χ0v) is 10.7. The number of hydrogen-bond acceptors (Lipinski definition) is 5. The van der Waals surface area contributed by atoms with Gasteiger partial charge in [0.1, 0.15) is 12.2 Å². The number of H-pyrrole nitrogens is 1. The molecule has 0 fully saturated rings. The van der Waals surface area contributed by atoms with Crippen LogP contribution in [0.1, 0.15) is 25.2 Å². The van der Waals surface area contributed by atoms with Crippen LogP contribution in [-0.2, 0) is 9.53 Å². The summed E-state index contributed by atoms with van der Waals surface area (Å²) in [4.78, 5) is 26.0. The number of carbonyl (C=O) groups excluding carboxylic acids is 1. The average molecular weight is 271 g/mol. The lowest BCUT2D eigenvalue weighted by Crippen LogP contribution is -2.41. The number of rotatable bonds is 7. The van der Waals surface area contributed by atoms with Crippen LogP contribution in [0.25, 0.3) is 0 Å². The van der Waals surface area contributed by atoms with E-state index in [1.807, 2.05) is 0 Å². The van der Waals surface area contributed by atoms with Crippen molar-refractivity contribution in [2.24, 2.45) is 0 Å². The van der Waals surface area contributed by atoms with Crippen LogP contribution in [0.3, 0.4) is 0 Å². The van der Waals surface area contributed by atoms with Crippen molar-refractivity contribution in [3.8, 4) is 0 Å². The van der Waals surface area contributed by atoms with Crippen LogP contribution in [-0.4, -0.2) is 52.0 Å². The summed E-state index contributed by atoms with van der Waals surface area (Å²) in [5.41, 5.74) is 0. The minimum atomic E-state index is -0.982. The van der Waals surface area contributed by atoms with Crippen LogP contribution in [0.15, 0.2) is 6.33 Å². The summed E-state index contributed by atoms with van der Waals surface area (Å²) in [6.07, 6.45) is 0.608. The number of carboxylic acids is 1. The molecule has 1 rings (SSSR count). The molecule has 1 heterocycles. The molecule has 0 aromatic carbocycles. The zero-order chi connectivity index (χ0) is 14.3. The zero-order valence-electron chi connectivity index (χ0n) is 10.7.